The highest BCUT2D eigenvalue weighted by Gasteiger charge is 2.38. The van der Waals surface area contributed by atoms with Crippen molar-refractivity contribution in [3.05, 3.63) is 29.3 Å². The van der Waals surface area contributed by atoms with Crippen LogP contribution < -0.4 is 4.90 Å². The molecule has 0 atom stereocenters. The lowest BCUT2D eigenvalue weighted by Gasteiger charge is -2.35. The Morgan fingerprint density at radius 1 is 1.12 bits per heavy atom. The number of carbonyl (C=O) groups excluding carboxylic acids is 2. The maximum atomic E-state index is 13.5. The highest BCUT2D eigenvalue weighted by Crippen LogP contribution is 2.29. The molecule has 0 aliphatic carbocycles. The topological polar surface area (TPSA) is 125 Å². The fourth-order valence-corrected chi connectivity index (χ4v) is 6.05. The van der Waals surface area contributed by atoms with Crippen molar-refractivity contribution < 1.29 is 32.7 Å². The third kappa shape index (κ3) is 10.1. The van der Waals surface area contributed by atoms with E-state index in [1.54, 1.807) is 23.4 Å². The molecular formula is C26H35ClF3N7O4S. The fraction of sp³-hybridized carbons (Fsp3) is 0.615. The van der Waals surface area contributed by atoms with Crippen LogP contribution in [0.15, 0.2) is 29.4 Å². The monoisotopic (exact) mass is 633 g/mol. The third-order valence-electron chi connectivity index (χ3n) is 7.16. The van der Waals surface area contributed by atoms with Gasteiger partial charge in [0.05, 0.1) is 0 Å². The highest BCUT2D eigenvalue weighted by atomic mass is 35.5. The fourth-order valence-electron chi connectivity index (χ4n) is 4.85. The second kappa shape index (κ2) is 15.5. The van der Waals surface area contributed by atoms with Crippen LogP contribution in [0, 0.1) is 5.92 Å². The Morgan fingerprint density at radius 3 is 2.29 bits per heavy atom. The second-order valence-corrected chi connectivity index (χ2v) is 11.9. The number of alkyl halides is 3. The predicted molar refractivity (Wildman–Crippen MR) is 151 cm³/mol. The molecule has 0 unspecified atom stereocenters. The zero-order valence-electron chi connectivity index (χ0n) is 23.5. The van der Waals surface area contributed by atoms with Crippen molar-refractivity contribution in [3.8, 4) is 0 Å². The van der Waals surface area contributed by atoms with Crippen molar-refractivity contribution in [1.82, 2.24) is 30.0 Å². The van der Waals surface area contributed by atoms with Crippen LogP contribution in [0.2, 0.25) is 5.02 Å². The minimum Gasteiger partial charge on any atom is -0.475 e. The van der Waals surface area contributed by atoms with E-state index in [0.29, 0.717) is 42.7 Å². The standard InChI is InChI=1S/C24H34ClN7O2S.C2HF3O2/c1-18(33)31-15-7-19(8-16-31)23(34)32(21-6-3-5-20(25)17-21)12-4-11-30-13-9-22(10-14-30)35-24-26-27-28-29(24)2;3-2(4,5)1(6)7/h3,5-6,17,19,22H,4,7-16H2,1-2H3;(H,6,7). The van der Waals surface area contributed by atoms with Crippen LogP contribution in [-0.4, -0.2) is 104 Å². The molecule has 2 aliphatic rings. The summed E-state index contributed by atoms with van der Waals surface area (Å²) in [6.45, 7) is 6.57. The van der Waals surface area contributed by atoms with Crippen molar-refractivity contribution in [2.75, 3.05) is 44.2 Å². The van der Waals surface area contributed by atoms with Crippen molar-refractivity contribution in [2.45, 2.75) is 55.6 Å². The minimum absolute atomic E-state index is 0.0625. The first kappa shape index (κ1) is 33.6. The van der Waals surface area contributed by atoms with E-state index in [1.165, 1.54) is 0 Å². The van der Waals surface area contributed by atoms with Gasteiger partial charge in [0.2, 0.25) is 17.0 Å². The van der Waals surface area contributed by atoms with E-state index >= 15 is 0 Å². The lowest BCUT2D eigenvalue weighted by molar-refractivity contribution is -0.192. The molecule has 2 saturated heterocycles. The van der Waals surface area contributed by atoms with Crippen LogP contribution in [0.1, 0.15) is 39.0 Å². The Morgan fingerprint density at radius 2 is 1.76 bits per heavy atom. The molecule has 0 saturated carbocycles. The number of benzene rings is 1. The van der Waals surface area contributed by atoms with Gasteiger partial charge in [0.1, 0.15) is 0 Å². The molecule has 2 aliphatic heterocycles. The Kier molecular flexibility index (Phi) is 12.4. The lowest BCUT2D eigenvalue weighted by atomic mass is 9.94. The number of hydrogen-bond donors (Lipinski definition) is 1. The number of carbonyl (C=O) groups is 3. The van der Waals surface area contributed by atoms with Crippen molar-refractivity contribution in [1.29, 1.82) is 0 Å². The third-order valence-corrected chi connectivity index (χ3v) is 8.76. The van der Waals surface area contributed by atoms with Crippen LogP contribution in [0.5, 0.6) is 0 Å². The van der Waals surface area contributed by atoms with Gasteiger partial charge >= 0.3 is 12.1 Å². The van der Waals surface area contributed by atoms with Gasteiger partial charge in [0.15, 0.2) is 0 Å². The number of piperidine rings is 2. The van der Waals surface area contributed by atoms with Crippen LogP contribution in [0.4, 0.5) is 18.9 Å². The SMILES string of the molecule is CC(=O)N1CCC(C(=O)N(CCCN2CCC(Sc3nnnn3C)CC2)c2cccc(Cl)c2)CC1.O=C(O)C(F)(F)F. The van der Waals surface area contributed by atoms with Gasteiger partial charge in [-0.05, 0) is 80.4 Å². The summed E-state index contributed by atoms with van der Waals surface area (Å²) in [5.74, 6) is -2.60. The van der Waals surface area contributed by atoms with Gasteiger partial charge in [0.25, 0.3) is 0 Å². The molecule has 1 aromatic carbocycles. The van der Waals surface area contributed by atoms with E-state index in [4.69, 9.17) is 21.5 Å². The maximum absolute atomic E-state index is 13.5. The highest BCUT2D eigenvalue weighted by molar-refractivity contribution is 7.99. The van der Waals surface area contributed by atoms with E-state index in [9.17, 15) is 22.8 Å². The number of aryl methyl sites for hydroxylation is 1. The van der Waals surface area contributed by atoms with Gasteiger partial charge in [-0.1, -0.05) is 29.4 Å². The van der Waals surface area contributed by atoms with E-state index in [-0.39, 0.29) is 17.7 Å². The summed E-state index contributed by atoms with van der Waals surface area (Å²) in [5.41, 5.74) is 0.851. The first-order valence-corrected chi connectivity index (χ1v) is 14.8. The van der Waals surface area contributed by atoms with Gasteiger partial charge in [-0.25, -0.2) is 9.48 Å². The molecule has 16 heteroatoms. The van der Waals surface area contributed by atoms with E-state index in [0.717, 1.165) is 49.7 Å². The molecule has 3 heterocycles. The summed E-state index contributed by atoms with van der Waals surface area (Å²) in [7, 11) is 1.87. The maximum Gasteiger partial charge on any atom is 0.490 e. The van der Waals surface area contributed by atoms with Gasteiger partial charge in [-0.2, -0.15) is 13.2 Å². The lowest BCUT2D eigenvalue weighted by Crippen LogP contribution is -2.45. The van der Waals surface area contributed by atoms with E-state index < -0.39 is 12.1 Å². The zero-order valence-corrected chi connectivity index (χ0v) is 25.0. The number of amides is 2. The molecule has 2 fully saturated rings. The first-order valence-electron chi connectivity index (χ1n) is 13.6. The number of likely N-dealkylation sites (tertiary alicyclic amines) is 2. The molecule has 0 radical (unpaired) electrons. The number of carboxylic acid groups (broad SMARTS) is 1. The molecule has 4 rings (SSSR count). The quantitative estimate of drug-likeness (QED) is 0.463. The summed E-state index contributed by atoms with van der Waals surface area (Å²) < 4.78 is 33.5. The van der Waals surface area contributed by atoms with Crippen LogP contribution in [0.3, 0.4) is 0 Å². The molecule has 2 amide bonds. The summed E-state index contributed by atoms with van der Waals surface area (Å²) >= 11 is 8.02. The molecular weight excluding hydrogens is 599 g/mol. The smallest absolute Gasteiger partial charge is 0.475 e. The number of aromatic nitrogens is 4. The molecule has 0 bridgehead atoms. The van der Waals surface area contributed by atoms with Crippen LogP contribution in [-0.2, 0) is 21.4 Å². The number of tetrazole rings is 1. The summed E-state index contributed by atoms with van der Waals surface area (Å²) in [6, 6.07) is 7.55. The second-order valence-electron chi connectivity index (χ2n) is 10.2. The van der Waals surface area contributed by atoms with Crippen LogP contribution >= 0.6 is 23.4 Å². The molecule has 232 valence electrons. The number of thioether (sulfide) groups is 1. The van der Waals surface area contributed by atoms with Crippen LogP contribution in [0.25, 0.3) is 0 Å². The molecule has 0 spiro atoms. The number of hydrogen-bond acceptors (Lipinski definition) is 8. The van der Waals surface area contributed by atoms with Crippen molar-refractivity contribution in [2.24, 2.45) is 13.0 Å². The summed E-state index contributed by atoms with van der Waals surface area (Å²) in [4.78, 5) is 40.3. The normalized spacial score (nSPS) is 17.0. The Balaban J connectivity index is 0.000000616. The Bertz CT molecular complexity index is 1200. The summed E-state index contributed by atoms with van der Waals surface area (Å²) in [5, 5.41) is 20.9. The first-order chi connectivity index (χ1) is 19.8. The number of halogens is 4. The van der Waals surface area contributed by atoms with E-state index in [1.807, 2.05) is 41.1 Å². The minimum atomic E-state index is -5.08. The van der Waals surface area contributed by atoms with Gasteiger partial charge < -0.3 is 19.8 Å². The van der Waals surface area contributed by atoms with Crippen molar-refractivity contribution >= 4 is 46.8 Å². The Labute approximate surface area is 251 Å². The molecule has 11 nitrogen and oxygen atoms in total. The average molecular weight is 634 g/mol. The number of carboxylic acids is 1. The number of nitrogens with zero attached hydrogens (tertiary/aromatic N) is 7. The summed E-state index contributed by atoms with van der Waals surface area (Å²) in [6.07, 6.45) is -0.564. The number of aliphatic carboxylic acids is 1. The number of anilines is 1. The number of rotatable bonds is 8. The van der Waals surface area contributed by atoms with Gasteiger partial charge in [0, 0.05) is 55.5 Å². The molecule has 1 aromatic heterocycles. The molecule has 2 aromatic rings. The zero-order chi connectivity index (χ0) is 30.9. The Hall–Kier alpha value is -2.91. The largest absolute Gasteiger partial charge is 0.490 e. The van der Waals surface area contributed by atoms with E-state index in [2.05, 4.69) is 20.4 Å². The predicted octanol–water partition coefficient (Wildman–Crippen LogP) is 3.74. The van der Waals surface area contributed by atoms with Gasteiger partial charge in [-0.3, -0.25) is 9.59 Å². The molecule has 1 N–H and O–H groups in total. The average Bonchev–Trinajstić information content (AvgIpc) is 3.35. The van der Waals surface area contributed by atoms with Crippen molar-refractivity contribution in [3.63, 3.8) is 0 Å². The molecule has 42 heavy (non-hydrogen) atoms. The van der Waals surface area contributed by atoms with Gasteiger partial charge in [-0.15, -0.1) is 5.10 Å².